The lowest BCUT2D eigenvalue weighted by atomic mass is 10.2. The Labute approximate surface area is 168 Å². The van der Waals surface area contributed by atoms with Crippen LogP contribution < -0.4 is 5.43 Å². The maximum absolute atomic E-state index is 12.1. The maximum Gasteiger partial charge on any atom is 0.335 e. The van der Waals surface area contributed by atoms with Gasteiger partial charge in [0.25, 0.3) is 5.91 Å². The van der Waals surface area contributed by atoms with Crippen LogP contribution in [0.5, 0.6) is 5.75 Å². The lowest BCUT2D eigenvalue weighted by molar-refractivity contribution is 0.0696. The van der Waals surface area contributed by atoms with Gasteiger partial charge in [0.05, 0.1) is 21.0 Å². The molecule has 3 aromatic rings. The van der Waals surface area contributed by atoms with Crippen molar-refractivity contribution in [3.05, 3.63) is 81.2 Å². The standard InChI is InChI=1S/C19H14IN3O4/c20-16-8-5-13(10-17(16)24)18(25)22-21-11-15-2-1-9-23(15)14-6-3-12(4-7-14)19(26)27/h1-11,24H,(H,22,25)(H,26,27)/b21-11-. The Morgan fingerprint density at radius 2 is 1.78 bits per heavy atom. The number of amides is 1. The highest BCUT2D eigenvalue weighted by atomic mass is 127. The quantitative estimate of drug-likeness (QED) is 0.300. The topological polar surface area (TPSA) is 104 Å². The van der Waals surface area contributed by atoms with Crippen molar-refractivity contribution in [1.82, 2.24) is 9.99 Å². The number of rotatable bonds is 5. The van der Waals surface area contributed by atoms with Gasteiger partial charge in [-0.15, -0.1) is 0 Å². The summed E-state index contributed by atoms with van der Waals surface area (Å²) < 4.78 is 2.46. The van der Waals surface area contributed by atoms with Crippen LogP contribution in [0.15, 0.2) is 65.9 Å². The zero-order valence-corrected chi connectivity index (χ0v) is 16.0. The normalized spacial score (nSPS) is 10.9. The number of phenols is 1. The fourth-order valence-electron chi connectivity index (χ4n) is 2.37. The minimum atomic E-state index is -0.986. The summed E-state index contributed by atoms with van der Waals surface area (Å²) in [5.41, 5.74) is 4.37. The maximum atomic E-state index is 12.1. The highest BCUT2D eigenvalue weighted by Gasteiger charge is 2.08. The van der Waals surface area contributed by atoms with Crippen LogP contribution >= 0.6 is 22.6 Å². The van der Waals surface area contributed by atoms with Gasteiger partial charge < -0.3 is 14.8 Å². The zero-order chi connectivity index (χ0) is 19.4. The number of carboxylic acids is 1. The van der Waals surface area contributed by atoms with Gasteiger partial charge in [0, 0.05) is 17.4 Å². The molecule has 1 amide bonds. The Morgan fingerprint density at radius 3 is 2.44 bits per heavy atom. The molecule has 0 spiro atoms. The monoisotopic (exact) mass is 475 g/mol. The van der Waals surface area contributed by atoms with Gasteiger partial charge in [-0.1, -0.05) is 0 Å². The van der Waals surface area contributed by atoms with Gasteiger partial charge >= 0.3 is 5.97 Å². The van der Waals surface area contributed by atoms with Crippen LogP contribution in [0.3, 0.4) is 0 Å². The number of benzene rings is 2. The van der Waals surface area contributed by atoms with Crippen molar-refractivity contribution in [3.8, 4) is 11.4 Å². The lowest BCUT2D eigenvalue weighted by Crippen LogP contribution is -2.17. The summed E-state index contributed by atoms with van der Waals surface area (Å²) in [5.74, 6) is -1.40. The fourth-order valence-corrected chi connectivity index (χ4v) is 2.71. The molecule has 136 valence electrons. The molecule has 1 heterocycles. The molecule has 0 fully saturated rings. The number of carbonyl (C=O) groups excluding carboxylic acids is 1. The van der Waals surface area contributed by atoms with Crippen LogP contribution in [0.1, 0.15) is 26.4 Å². The molecule has 0 bridgehead atoms. The molecule has 7 nitrogen and oxygen atoms in total. The van der Waals surface area contributed by atoms with Gasteiger partial charge in [0.2, 0.25) is 0 Å². The van der Waals surface area contributed by atoms with Crippen LogP contribution in [0.2, 0.25) is 0 Å². The number of carboxylic acid groups (broad SMARTS) is 1. The van der Waals surface area contributed by atoms with Crippen molar-refractivity contribution in [2.75, 3.05) is 0 Å². The van der Waals surface area contributed by atoms with Crippen molar-refractivity contribution in [2.24, 2.45) is 5.10 Å². The first kappa shape index (κ1) is 18.6. The van der Waals surface area contributed by atoms with Crippen molar-refractivity contribution in [1.29, 1.82) is 0 Å². The second-order valence-corrected chi connectivity index (χ2v) is 6.68. The summed E-state index contributed by atoms with van der Waals surface area (Å²) in [7, 11) is 0. The van der Waals surface area contributed by atoms with Crippen LogP contribution in [0.4, 0.5) is 0 Å². The number of nitrogens with one attached hydrogen (secondary N) is 1. The number of carbonyl (C=O) groups is 2. The Bertz CT molecular complexity index is 1030. The molecule has 0 saturated carbocycles. The van der Waals surface area contributed by atoms with Crippen LogP contribution in [0, 0.1) is 3.57 Å². The average molecular weight is 475 g/mol. The number of nitrogens with zero attached hydrogens (tertiary/aromatic N) is 2. The van der Waals surface area contributed by atoms with E-state index >= 15 is 0 Å². The number of aromatic carboxylic acids is 1. The van der Waals surface area contributed by atoms with E-state index in [1.54, 1.807) is 41.1 Å². The van der Waals surface area contributed by atoms with Crippen molar-refractivity contribution in [2.45, 2.75) is 0 Å². The molecule has 2 aromatic carbocycles. The van der Waals surface area contributed by atoms with Crippen molar-refractivity contribution >= 4 is 40.7 Å². The summed E-state index contributed by atoms with van der Waals surface area (Å²) in [6.07, 6.45) is 3.28. The molecule has 0 atom stereocenters. The van der Waals surface area contributed by atoms with E-state index in [4.69, 9.17) is 5.11 Å². The van der Waals surface area contributed by atoms with Crippen LogP contribution in [-0.2, 0) is 0 Å². The van der Waals surface area contributed by atoms with E-state index in [1.165, 1.54) is 24.4 Å². The predicted molar refractivity (Wildman–Crippen MR) is 109 cm³/mol. The van der Waals surface area contributed by atoms with Gasteiger partial charge in [0.15, 0.2) is 0 Å². The number of hydrogen-bond acceptors (Lipinski definition) is 4. The molecule has 3 N–H and O–H groups in total. The molecule has 0 aliphatic rings. The molecular formula is C19H14IN3O4. The molecule has 1 aromatic heterocycles. The third kappa shape index (κ3) is 4.34. The molecule has 0 aliphatic heterocycles. The van der Waals surface area contributed by atoms with E-state index in [0.29, 0.717) is 14.8 Å². The SMILES string of the molecule is O=C(O)c1ccc(-n2cccc2/C=N\NC(=O)c2ccc(I)c(O)c2)cc1. The number of hydrogen-bond donors (Lipinski definition) is 3. The van der Waals surface area contributed by atoms with Gasteiger partial charge in [-0.25, -0.2) is 10.2 Å². The molecule has 3 rings (SSSR count). The molecule has 8 heteroatoms. The minimum Gasteiger partial charge on any atom is -0.507 e. The summed E-state index contributed by atoms with van der Waals surface area (Å²) >= 11 is 1.97. The van der Waals surface area contributed by atoms with E-state index in [9.17, 15) is 14.7 Å². The van der Waals surface area contributed by atoms with Crippen molar-refractivity contribution < 1.29 is 19.8 Å². The first-order valence-electron chi connectivity index (χ1n) is 7.79. The first-order valence-corrected chi connectivity index (χ1v) is 8.86. The summed E-state index contributed by atoms with van der Waals surface area (Å²) in [6, 6.07) is 14.6. The summed E-state index contributed by atoms with van der Waals surface area (Å²) in [5, 5.41) is 22.6. The molecule has 0 saturated heterocycles. The Morgan fingerprint density at radius 1 is 1.07 bits per heavy atom. The van der Waals surface area contributed by atoms with Crippen LogP contribution in [0.25, 0.3) is 5.69 Å². The molecular weight excluding hydrogens is 461 g/mol. The second kappa shape index (κ2) is 8.04. The second-order valence-electron chi connectivity index (χ2n) is 5.52. The van der Waals surface area contributed by atoms with Gasteiger partial charge in [-0.3, -0.25) is 4.79 Å². The molecule has 0 unspecified atom stereocenters. The van der Waals surface area contributed by atoms with E-state index < -0.39 is 11.9 Å². The number of aromatic nitrogens is 1. The van der Waals surface area contributed by atoms with E-state index in [-0.39, 0.29) is 11.3 Å². The zero-order valence-electron chi connectivity index (χ0n) is 13.8. The number of halogens is 1. The molecule has 0 aliphatic carbocycles. The van der Waals surface area contributed by atoms with E-state index in [2.05, 4.69) is 10.5 Å². The molecule has 27 heavy (non-hydrogen) atoms. The Hall–Kier alpha value is -3.14. The highest BCUT2D eigenvalue weighted by Crippen LogP contribution is 2.20. The minimum absolute atomic E-state index is 0.0333. The smallest absolute Gasteiger partial charge is 0.335 e. The number of hydrazone groups is 1. The van der Waals surface area contributed by atoms with Crippen molar-refractivity contribution in [3.63, 3.8) is 0 Å². The van der Waals surface area contributed by atoms with E-state index in [0.717, 1.165) is 5.69 Å². The van der Waals surface area contributed by atoms with Gasteiger partial charge in [-0.05, 0) is 77.2 Å². The predicted octanol–water partition coefficient (Wildman–Crippen LogP) is 3.25. The summed E-state index contributed by atoms with van der Waals surface area (Å²) in [4.78, 5) is 23.0. The van der Waals surface area contributed by atoms with Gasteiger partial charge in [0.1, 0.15) is 5.75 Å². The third-order valence-electron chi connectivity index (χ3n) is 3.74. The fraction of sp³-hybridized carbons (Fsp3) is 0. The Kier molecular flexibility index (Phi) is 5.55. The first-order chi connectivity index (χ1) is 13.0. The third-order valence-corrected chi connectivity index (χ3v) is 4.66. The summed E-state index contributed by atoms with van der Waals surface area (Å²) in [6.45, 7) is 0. The van der Waals surface area contributed by atoms with E-state index in [1.807, 2.05) is 28.7 Å². The largest absolute Gasteiger partial charge is 0.507 e. The molecule has 0 radical (unpaired) electrons. The van der Waals surface area contributed by atoms with Crippen LogP contribution in [-0.4, -0.2) is 32.9 Å². The van der Waals surface area contributed by atoms with Gasteiger partial charge in [-0.2, -0.15) is 5.10 Å². The highest BCUT2D eigenvalue weighted by molar-refractivity contribution is 14.1. The number of aromatic hydroxyl groups is 1. The number of phenolic OH excluding ortho intramolecular Hbond substituents is 1. The lowest BCUT2D eigenvalue weighted by Gasteiger charge is -2.07. The average Bonchev–Trinajstić information content (AvgIpc) is 3.12. The Balaban J connectivity index is 1.73.